The van der Waals surface area contributed by atoms with E-state index >= 15 is 0 Å². The molecular weight excluding hydrogens is 128 g/mol. The van der Waals surface area contributed by atoms with Crippen LogP contribution in [0.1, 0.15) is 32.6 Å². The van der Waals surface area contributed by atoms with Crippen LogP contribution in [0.3, 0.4) is 0 Å². The lowest BCUT2D eigenvalue weighted by atomic mass is 10.1. The molecule has 2 nitrogen and oxygen atoms in total. The van der Waals surface area contributed by atoms with Crippen molar-refractivity contribution in [1.29, 1.82) is 0 Å². The number of rotatable bonds is 1. The van der Waals surface area contributed by atoms with Crippen LogP contribution in [0.2, 0.25) is 0 Å². The van der Waals surface area contributed by atoms with Gasteiger partial charge in [0.25, 0.3) is 0 Å². The van der Waals surface area contributed by atoms with Gasteiger partial charge in [-0.1, -0.05) is 6.92 Å². The van der Waals surface area contributed by atoms with Crippen LogP contribution >= 0.6 is 0 Å². The Morgan fingerprint density at radius 2 is 2.30 bits per heavy atom. The molecule has 2 heteroatoms. The summed E-state index contributed by atoms with van der Waals surface area (Å²) in [5.74, 6) is 0. The van der Waals surface area contributed by atoms with E-state index in [4.69, 9.17) is 9.47 Å². The van der Waals surface area contributed by atoms with Gasteiger partial charge in [-0.15, -0.1) is 0 Å². The van der Waals surface area contributed by atoms with Gasteiger partial charge in [0.15, 0.2) is 0 Å². The average Bonchev–Trinajstić information content (AvgIpc) is 2.70. The molecule has 0 bridgehead atoms. The van der Waals surface area contributed by atoms with E-state index in [1.807, 2.05) is 0 Å². The van der Waals surface area contributed by atoms with Crippen LogP contribution in [0.4, 0.5) is 0 Å². The van der Waals surface area contributed by atoms with Crippen molar-refractivity contribution in [2.75, 3.05) is 6.79 Å². The molecule has 0 aromatic carbocycles. The molecule has 1 atom stereocenters. The summed E-state index contributed by atoms with van der Waals surface area (Å²) >= 11 is 0. The van der Waals surface area contributed by atoms with E-state index in [0.29, 0.717) is 12.9 Å². The fraction of sp³-hybridized carbons (Fsp3) is 1.00. The number of hydrogen-bond acceptors (Lipinski definition) is 2. The molecule has 1 spiro atoms. The number of hydrogen-bond donors (Lipinski definition) is 0. The number of ether oxygens (including phenoxy) is 2. The van der Waals surface area contributed by atoms with Gasteiger partial charge >= 0.3 is 0 Å². The zero-order valence-electron chi connectivity index (χ0n) is 6.43. The first-order valence-electron chi connectivity index (χ1n) is 4.10. The molecule has 0 N–H and O–H groups in total. The molecule has 1 heterocycles. The highest BCUT2D eigenvalue weighted by atomic mass is 16.7. The second kappa shape index (κ2) is 2.21. The lowest BCUT2D eigenvalue weighted by Gasteiger charge is -2.28. The second-order valence-corrected chi connectivity index (χ2v) is 3.35. The Labute approximate surface area is 61.5 Å². The third kappa shape index (κ3) is 1.06. The van der Waals surface area contributed by atoms with Crippen molar-refractivity contribution in [3.05, 3.63) is 0 Å². The monoisotopic (exact) mass is 142 g/mol. The van der Waals surface area contributed by atoms with E-state index in [1.165, 1.54) is 12.8 Å². The van der Waals surface area contributed by atoms with Crippen LogP contribution < -0.4 is 0 Å². The van der Waals surface area contributed by atoms with Crippen molar-refractivity contribution in [3.63, 3.8) is 0 Å². The average molecular weight is 142 g/mol. The van der Waals surface area contributed by atoms with E-state index in [1.54, 1.807) is 0 Å². The third-order valence-corrected chi connectivity index (χ3v) is 2.53. The SMILES string of the molecule is CCC1CC2(CC2)OCO1. The van der Waals surface area contributed by atoms with Crippen LogP contribution in [0.15, 0.2) is 0 Å². The molecule has 0 aromatic heterocycles. The molecule has 0 amide bonds. The van der Waals surface area contributed by atoms with Gasteiger partial charge in [0.1, 0.15) is 6.79 Å². The fourth-order valence-electron chi connectivity index (χ4n) is 1.54. The molecule has 1 saturated heterocycles. The molecule has 2 aliphatic rings. The van der Waals surface area contributed by atoms with Crippen molar-refractivity contribution in [3.8, 4) is 0 Å². The highest BCUT2D eigenvalue weighted by Gasteiger charge is 2.47. The van der Waals surface area contributed by atoms with Gasteiger partial charge < -0.3 is 9.47 Å². The summed E-state index contributed by atoms with van der Waals surface area (Å²) in [7, 11) is 0. The Balaban J connectivity index is 1.91. The van der Waals surface area contributed by atoms with Crippen LogP contribution in [-0.4, -0.2) is 18.5 Å². The maximum absolute atomic E-state index is 5.49. The van der Waals surface area contributed by atoms with Crippen LogP contribution in [0.5, 0.6) is 0 Å². The Hall–Kier alpha value is -0.0800. The summed E-state index contributed by atoms with van der Waals surface area (Å²) in [6, 6.07) is 0. The van der Waals surface area contributed by atoms with Crippen molar-refractivity contribution < 1.29 is 9.47 Å². The van der Waals surface area contributed by atoms with Gasteiger partial charge in [-0.25, -0.2) is 0 Å². The van der Waals surface area contributed by atoms with Crippen LogP contribution in [0.25, 0.3) is 0 Å². The Kier molecular flexibility index (Phi) is 1.46. The Morgan fingerprint density at radius 1 is 1.50 bits per heavy atom. The molecule has 58 valence electrons. The maximum Gasteiger partial charge on any atom is 0.147 e. The first-order chi connectivity index (χ1) is 4.85. The van der Waals surface area contributed by atoms with Crippen molar-refractivity contribution in [2.45, 2.75) is 44.3 Å². The minimum atomic E-state index is 0.277. The highest BCUT2D eigenvalue weighted by Crippen LogP contribution is 2.46. The molecule has 2 fully saturated rings. The van der Waals surface area contributed by atoms with Crippen LogP contribution in [-0.2, 0) is 9.47 Å². The van der Waals surface area contributed by atoms with Gasteiger partial charge in [-0.3, -0.25) is 0 Å². The Morgan fingerprint density at radius 3 is 2.90 bits per heavy atom. The predicted octanol–water partition coefficient (Wildman–Crippen LogP) is 1.69. The molecule has 10 heavy (non-hydrogen) atoms. The molecule has 2 rings (SSSR count). The van der Waals surface area contributed by atoms with E-state index in [-0.39, 0.29) is 5.60 Å². The van der Waals surface area contributed by atoms with Gasteiger partial charge in [0.2, 0.25) is 0 Å². The van der Waals surface area contributed by atoms with E-state index < -0.39 is 0 Å². The van der Waals surface area contributed by atoms with Gasteiger partial charge in [-0.05, 0) is 19.3 Å². The van der Waals surface area contributed by atoms with Crippen molar-refractivity contribution in [2.24, 2.45) is 0 Å². The predicted molar refractivity (Wildman–Crippen MR) is 37.7 cm³/mol. The van der Waals surface area contributed by atoms with Gasteiger partial charge in [0, 0.05) is 6.42 Å². The zero-order chi connectivity index (χ0) is 7.03. The minimum absolute atomic E-state index is 0.277. The lowest BCUT2D eigenvalue weighted by molar-refractivity contribution is -0.187. The first kappa shape index (κ1) is 6.62. The largest absolute Gasteiger partial charge is 0.352 e. The van der Waals surface area contributed by atoms with Crippen molar-refractivity contribution in [1.82, 2.24) is 0 Å². The highest BCUT2D eigenvalue weighted by molar-refractivity contribution is 4.98. The molecule has 0 radical (unpaired) electrons. The van der Waals surface area contributed by atoms with E-state index in [2.05, 4.69) is 6.92 Å². The summed E-state index contributed by atoms with van der Waals surface area (Å²) in [5, 5.41) is 0. The quantitative estimate of drug-likeness (QED) is 0.554. The maximum atomic E-state index is 5.49. The summed E-state index contributed by atoms with van der Waals surface area (Å²) < 4.78 is 10.9. The minimum Gasteiger partial charge on any atom is -0.352 e. The normalized spacial score (nSPS) is 36.3. The van der Waals surface area contributed by atoms with E-state index in [9.17, 15) is 0 Å². The summed E-state index contributed by atoms with van der Waals surface area (Å²) in [5.41, 5.74) is 0.277. The standard InChI is InChI=1S/C8H14O2/c1-2-7-5-8(3-4-8)10-6-9-7/h7H,2-6H2,1H3. The summed E-state index contributed by atoms with van der Waals surface area (Å²) in [6.45, 7) is 2.70. The van der Waals surface area contributed by atoms with Crippen LogP contribution in [0, 0.1) is 0 Å². The zero-order valence-corrected chi connectivity index (χ0v) is 6.43. The first-order valence-corrected chi connectivity index (χ1v) is 4.10. The topological polar surface area (TPSA) is 18.5 Å². The fourth-order valence-corrected chi connectivity index (χ4v) is 1.54. The summed E-state index contributed by atoms with van der Waals surface area (Å²) in [6.07, 6.45) is 5.24. The third-order valence-electron chi connectivity index (χ3n) is 2.53. The summed E-state index contributed by atoms with van der Waals surface area (Å²) in [4.78, 5) is 0. The lowest BCUT2D eigenvalue weighted by Crippen LogP contribution is -2.32. The van der Waals surface area contributed by atoms with E-state index in [0.717, 1.165) is 12.8 Å². The molecule has 1 aliphatic carbocycles. The Bertz CT molecular complexity index is 129. The molecule has 1 unspecified atom stereocenters. The van der Waals surface area contributed by atoms with Crippen molar-refractivity contribution >= 4 is 0 Å². The molecule has 1 saturated carbocycles. The van der Waals surface area contributed by atoms with Gasteiger partial charge in [-0.2, -0.15) is 0 Å². The second-order valence-electron chi connectivity index (χ2n) is 3.35. The smallest absolute Gasteiger partial charge is 0.147 e. The van der Waals surface area contributed by atoms with Gasteiger partial charge in [0.05, 0.1) is 11.7 Å². The molecule has 0 aromatic rings. The molecule has 1 aliphatic heterocycles. The molecular formula is C8H14O2.